The number of hydrogen-bond donors (Lipinski definition) is 3. The molecule has 0 radical (unpaired) electrons. The van der Waals surface area contributed by atoms with Crippen LogP contribution in [0.3, 0.4) is 0 Å². The Hall–Kier alpha value is -1.83. The number of terminal acetylenes is 1. The summed E-state index contributed by atoms with van der Waals surface area (Å²) in [5.74, 6) is 2.28. The zero-order chi connectivity index (χ0) is 13.2. The number of aliphatic hydroxyl groups excluding tert-OH is 1. The van der Waals surface area contributed by atoms with Gasteiger partial charge in [0.25, 0.3) is 0 Å². The average Bonchev–Trinajstić information content (AvgIpc) is 2.37. The van der Waals surface area contributed by atoms with Crippen LogP contribution in [0.15, 0.2) is 24.3 Å². The number of anilines is 1. The van der Waals surface area contributed by atoms with Crippen LogP contribution in [0.1, 0.15) is 12.0 Å². The second-order valence-corrected chi connectivity index (χ2v) is 3.88. The van der Waals surface area contributed by atoms with Gasteiger partial charge < -0.3 is 10.4 Å². The fourth-order valence-electron chi connectivity index (χ4n) is 1.54. The van der Waals surface area contributed by atoms with E-state index < -0.39 is 0 Å². The number of carbonyl (C=O) groups is 1. The highest BCUT2D eigenvalue weighted by Gasteiger charge is 2.02. The van der Waals surface area contributed by atoms with Gasteiger partial charge in [0.15, 0.2) is 0 Å². The van der Waals surface area contributed by atoms with Crippen LogP contribution in [0.5, 0.6) is 0 Å². The van der Waals surface area contributed by atoms with Gasteiger partial charge in [-0.05, 0) is 30.5 Å². The van der Waals surface area contributed by atoms with E-state index in [9.17, 15) is 4.79 Å². The number of benzene rings is 1. The van der Waals surface area contributed by atoms with Crippen molar-refractivity contribution >= 4 is 11.6 Å². The predicted molar refractivity (Wildman–Crippen MR) is 72.2 cm³/mol. The van der Waals surface area contributed by atoms with Gasteiger partial charge in [-0.3, -0.25) is 10.1 Å². The van der Waals surface area contributed by atoms with Crippen molar-refractivity contribution in [1.29, 1.82) is 0 Å². The molecule has 3 N–H and O–H groups in total. The lowest BCUT2D eigenvalue weighted by Gasteiger charge is -2.07. The molecular weight excluding hydrogens is 228 g/mol. The zero-order valence-corrected chi connectivity index (χ0v) is 10.3. The summed E-state index contributed by atoms with van der Waals surface area (Å²) in [4.78, 5) is 11.5. The lowest BCUT2D eigenvalue weighted by atomic mass is 10.1. The van der Waals surface area contributed by atoms with Gasteiger partial charge >= 0.3 is 0 Å². The van der Waals surface area contributed by atoms with Gasteiger partial charge in [-0.2, -0.15) is 0 Å². The van der Waals surface area contributed by atoms with Gasteiger partial charge in [-0.25, -0.2) is 0 Å². The van der Waals surface area contributed by atoms with Gasteiger partial charge in [0.2, 0.25) is 5.91 Å². The molecule has 0 bridgehead atoms. The number of aryl methyl sites for hydroxylation is 1. The van der Waals surface area contributed by atoms with Gasteiger partial charge in [0.1, 0.15) is 0 Å². The first-order chi connectivity index (χ1) is 8.76. The molecule has 0 aliphatic heterocycles. The highest BCUT2D eigenvalue weighted by Crippen LogP contribution is 2.11. The van der Waals surface area contributed by atoms with Crippen LogP contribution in [-0.4, -0.2) is 30.7 Å². The van der Waals surface area contributed by atoms with Gasteiger partial charge in [-0.15, -0.1) is 6.42 Å². The largest absolute Gasteiger partial charge is 0.396 e. The molecule has 1 aromatic rings. The quantitative estimate of drug-likeness (QED) is 0.492. The van der Waals surface area contributed by atoms with Crippen LogP contribution in [-0.2, 0) is 11.2 Å². The average molecular weight is 246 g/mol. The lowest BCUT2D eigenvalue weighted by Crippen LogP contribution is -2.28. The molecule has 4 heteroatoms. The third-order valence-corrected chi connectivity index (χ3v) is 2.35. The summed E-state index contributed by atoms with van der Waals surface area (Å²) in [6.45, 7) is 0.752. The molecule has 0 fully saturated rings. The Bertz CT molecular complexity index is 424. The third kappa shape index (κ3) is 5.48. The molecular formula is C14H18N2O2. The minimum absolute atomic E-state index is 0.121. The fraction of sp³-hybridized carbons (Fsp3) is 0.357. The van der Waals surface area contributed by atoms with E-state index in [2.05, 4.69) is 16.6 Å². The van der Waals surface area contributed by atoms with Crippen molar-refractivity contribution in [2.45, 2.75) is 12.8 Å². The summed E-state index contributed by atoms with van der Waals surface area (Å²) in [5.41, 5.74) is 1.86. The summed E-state index contributed by atoms with van der Waals surface area (Å²) < 4.78 is 0. The number of carbonyl (C=O) groups excluding carboxylic acids is 1. The molecule has 0 aliphatic rings. The second-order valence-electron chi connectivity index (χ2n) is 3.88. The molecule has 1 rings (SSSR count). The van der Waals surface area contributed by atoms with E-state index in [-0.39, 0.29) is 19.1 Å². The fourth-order valence-corrected chi connectivity index (χ4v) is 1.54. The van der Waals surface area contributed by atoms with Gasteiger partial charge in [-0.1, -0.05) is 18.1 Å². The molecule has 0 saturated carbocycles. The van der Waals surface area contributed by atoms with Crippen molar-refractivity contribution in [3.63, 3.8) is 0 Å². The number of amides is 1. The molecule has 96 valence electrons. The molecule has 0 atom stereocenters. The molecule has 0 saturated heterocycles. The molecule has 0 aromatic heterocycles. The van der Waals surface area contributed by atoms with Crippen LogP contribution in [0.2, 0.25) is 0 Å². The normalized spacial score (nSPS) is 9.78. The van der Waals surface area contributed by atoms with Crippen molar-refractivity contribution in [1.82, 2.24) is 5.32 Å². The van der Waals surface area contributed by atoms with Crippen molar-refractivity contribution in [2.24, 2.45) is 0 Å². The Morgan fingerprint density at radius 2 is 2.28 bits per heavy atom. The van der Waals surface area contributed by atoms with Crippen LogP contribution in [0.4, 0.5) is 5.69 Å². The lowest BCUT2D eigenvalue weighted by molar-refractivity contribution is -0.115. The van der Waals surface area contributed by atoms with E-state index in [1.807, 2.05) is 24.3 Å². The first-order valence-electron chi connectivity index (χ1n) is 5.90. The van der Waals surface area contributed by atoms with E-state index in [4.69, 9.17) is 11.5 Å². The Labute approximate surface area is 107 Å². The van der Waals surface area contributed by atoms with E-state index in [1.54, 1.807) is 0 Å². The van der Waals surface area contributed by atoms with Crippen LogP contribution >= 0.6 is 0 Å². The summed E-state index contributed by atoms with van der Waals surface area (Å²) in [6.07, 6.45) is 6.59. The highest BCUT2D eigenvalue weighted by atomic mass is 16.2. The SMILES string of the molecule is C#CCNCC(=O)Nc1cccc(CCCO)c1. The van der Waals surface area contributed by atoms with Crippen molar-refractivity contribution < 1.29 is 9.90 Å². The minimum Gasteiger partial charge on any atom is -0.396 e. The van der Waals surface area contributed by atoms with Crippen molar-refractivity contribution in [3.8, 4) is 12.3 Å². The van der Waals surface area contributed by atoms with E-state index in [0.29, 0.717) is 6.54 Å². The number of rotatable bonds is 7. The summed E-state index contributed by atoms with van der Waals surface area (Å²) in [5, 5.41) is 14.4. The number of hydrogen-bond acceptors (Lipinski definition) is 3. The maximum atomic E-state index is 11.5. The molecule has 0 heterocycles. The van der Waals surface area contributed by atoms with E-state index >= 15 is 0 Å². The maximum absolute atomic E-state index is 11.5. The first kappa shape index (κ1) is 14.2. The number of aliphatic hydroxyl groups is 1. The van der Waals surface area contributed by atoms with Crippen LogP contribution in [0.25, 0.3) is 0 Å². The molecule has 1 aromatic carbocycles. The Morgan fingerprint density at radius 1 is 1.44 bits per heavy atom. The standard InChI is InChI=1S/C14H18N2O2/c1-2-8-15-11-14(18)16-13-7-3-5-12(10-13)6-4-9-17/h1,3,5,7,10,15,17H,4,6,8-9,11H2,(H,16,18). The predicted octanol–water partition coefficient (Wildman–Crippen LogP) is 0.773. The third-order valence-electron chi connectivity index (χ3n) is 2.35. The second kappa shape index (κ2) is 8.29. The van der Waals surface area contributed by atoms with E-state index in [0.717, 1.165) is 24.1 Å². The number of nitrogens with one attached hydrogen (secondary N) is 2. The molecule has 0 aliphatic carbocycles. The highest BCUT2D eigenvalue weighted by molar-refractivity contribution is 5.92. The topological polar surface area (TPSA) is 61.4 Å². The summed E-state index contributed by atoms with van der Waals surface area (Å²) in [6, 6.07) is 7.61. The smallest absolute Gasteiger partial charge is 0.238 e. The van der Waals surface area contributed by atoms with Gasteiger partial charge in [0, 0.05) is 12.3 Å². The molecule has 0 unspecified atom stereocenters. The maximum Gasteiger partial charge on any atom is 0.238 e. The van der Waals surface area contributed by atoms with Crippen LogP contribution < -0.4 is 10.6 Å². The molecule has 0 spiro atoms. The Morgan fingerprint density at radius 3 is 3.00 bits per heavy atom. The Kier molecular flexibility index (Phi) is 6.55. The first-order valence-corrected chi connectivity index (χ1v) is 5.90. The zero-order valence-electron chi connectivity index (χ0n) is 10.3. The monoisotopic (exact) mass is 246 g/mol. The van der Waals surface area contributed by atoms with Crippen molar-refractivity contribution in [2.75, 3.05) is 25.0 Å². The summed E-state index contributed by atoms with van der Waals surface area (Å²) in [7, 11) is 0. The molecule has 18 heavy (non-hydrogen) atoms. The summed E-state index contributed by atoms with van der Waals surface area (Å²) >= 11 is 0. The van der Waals surface area contributed by atoms with Gasteiger partial charge in [0.05, 0.1) is 13.1 Å². The van der Waals surface area contributed by atoms with Crippen LogP contribution in [0, 0.1) is 12.3 Å². The minimum atomic E-state index is -0.121. The van der Waals surface area contributed by atoms with Crippen molar-refractivity contribution in [3.05, 3.63) is 29.8 Å². The van der Waals surface area contributed by atoms with E-state index in [1.165, 1.54) is 0 Å². The molecule has 1 amide bonds. The molecule has 4 nitrogen and oxygen atoms in total. The Balaban J connectivity index is 2.46.